The van der Waals surface area contributed by atoms with E-state index < -0.39 is 28.5 Å². The zero-order valence-corrected chi connectivity index (χ0v) is 23.0. The third-order valence-corrected chi connectivity index (χ3v) is 7.31. The molecule has 2 aromatic rings. The molecular weight excluding hydrogens is 509 g/mol. The number of aryl methyl sites for hydroxylation is 1. The number of benzene rings is 2. The van der Waals surface area contributed by atoms with Crippen molar-refractivity contribution in [1.29, 1.82) is 0 Å². The lowest BCUT2D eigenvalue weighted by molar-refractivity contribution is -0.140. The summed E-state index contributed by atoms with van der Waals surface area (Å²) in [6.07, 6.45) is 1.36. The molecule has 2 aromatic carbocycles. The normalized spacial score (nSPS) is 12.3. The van der Waals surface area contributed by atoms with Gasteiger partial charge in [0.05, 0.1) is 11.9 Å². The standard InChI is InChI=1S/C25H33Cl2N3O4S/c1-6-23(25(32)28-14-17(2)3)29(15-20-21(26)8-7-9-22(20)27)24(31)16-30(35(5,33)34)19-12-10-18(4)11-13-19/h7-13,17,23H,6,14-16H2,1-5H3,(H,28,32). The molecule has 1 atom stereocenters. The van der Waals surface area contributed by atoms with E-state index in [1.807, 2.05) is 20.8 Å². The highest BCUT2D eigenvalue weighted by Crippen LogP contribution is 2.27. The molecule has 0 fully saturated rings. The Morgan fingerprint density at radius 3 is 2.09 bits per heavy atom. The monoisotopic (exact) mass is 541 g/mol. The van der Waals surface area contributed by atoms with Gasteiger partial charge in [0.2, 0.25) is 21.8 Å². The summed E-state index contributed by atoms with van der Waals surface area (Å²) in [6, 6.07) is 11.0. The third kappa shape index (κ3) is 8.12. The van der Waals surface area contributed by atoms with E-state index in [4.69, 9.17) is 23.2 Å². The van der Waals surface area contributed by atoms with Gasteiger partial charge in [-0.3, -0.25) is 13.9 Å². The average molecular weight is 543 g/mol. The molecule has 0 spiro atoms. The molecule has 0 aromatic heterocycles. The first-order valence-corrected chi connectivity index (χ1v) is 14.0. The fourth-order valence-electron chi connectivity index (χ4n) is 3.52. The Hall–Kier alpha value is -2.29. The Labute approximate surface area is 218 Å². The third-order valence-electron chi connectivity index (χ3n) is 5.46. The van der Waals surface area contributed by atoms with Gasteiger partial charge < -0.3 is 10.2 Å². The molecule has 10 heteroatoms. The molecular formula is C25H33Cl2N3O4S. The Morgan fingerprint density at radius 1 is 1.03 bits per heavy atom. The maximum absolute atomic E-state index is 13.7. The summed E-state index contributed by atoms with van der Waals surface area (Å²) in [7, 11) is -3.79. The van der Waals surface area contributed by atoms with Crippen molar-refractivity contribution >= 4 is 50.7 Å². The van der Waals surface area contributed by atoms with Crippen LogP contribution in [0, 0.1) is 12.8 Å². The van der Waals surface area contributed by atoms with Crippen LogP contribution in [0.15, 0.2) is 42.5 Å². The first-order chi connectivity index (χ1) is 16.3. The molecule has 0 bridgehead atoms. The van der Waals surface area contributed by atoms with Crippen LogP contribution in [0.1, 0.15) is 38.3 Å². The number of sulfonamides is 1. The highest BCUT2D eigenvalue weighted by atomic mass is 35.5. The number of rotatable bonds is 11. The van der Waals surface area contributed by atoms with Crippen LogP contribution in [-0.4, -0.2) is 50.5 Å². The summed E-state index contributed by atoms with van der Waals surface area (Å²) in [6.45, 7) is 7.55. The van der Waals surface area contributed by atoms with Crippen molar-refractivity contribution in [2.24, 2.45) is 5.92 Å². The maximum Gasteiger partial charge on any atom is 0.244 e. The molecule has 0 heterocycles. The molecule has 0 aliphatic carbocycles. The van der Waals surface area contributed by atoms with Crippen LogP contribution in [0.5, 0.6) is 0 Å². The molecule has 0 aliphatic heterocycles. The molecule has 35 heavy (non-hydrogen) atoms. The number of carbonyl (C=O) groups is 2. The number of nitrogens with one attached hydrogen (secondary N) is 1. The minimum atomic E-state index is -3.79. The van der Waals surface area contributed by atoms with E-state index in [2.05, 4.69) is 5.32 Å². The number of hydrogen-bond donors (Lipinski definition) is 1. The van der Waals surface area contributed by atoms with Gasteiger partial charge >= 0.3 is 0 Å². The summed E-state index contributed by atoms with van der Waals surface area (Å²) in [5, 5.41) is 3.58. The van der Waals surface area contributed by atoms with E-state index >= 15 is 0 Å². The van der Waals surface area contributed by atoms with E-state index in [1.54, 1.807) is 49.4 Å². The lowest BCUT2D eigenvalue weighted by atomic mass is 10.1. The molecule has 1 unspecified atom stereocenters. The van der Waals surface area contributed by atoms with E-state index in [0.29, 0.717) is 34.3 Å². The Bertz CT molecular complexity index is 1120. The van der Waals surface area contributed by atoms with Gasteiger partial charge in [0.1, 0.15) is 12.6 Å². The maximum atomic E-state index is 13.7. The largest absolute Gasteiger partial charge is 0.354 e. The van der Waals surface area contributed by atoms with Gasteiger partial charge in [-0.15, -0.1) is 0 Å². The van der Waals surface area contributed by atoms with Crippen LogP contribution >= 0.6 is 23.2 Å². The van der Waals surface area contributed by atoms with Crippen molar-refractivity contribution in [3.8, 4) is 0 Å². The fourth-order valence-corrected chi connectivity index (χ4v) is 4.89. The molecule has 1 N–H and O–H groups in total. The Morgan fingerprint density at radius 2 is 1.60 bits per heavy atom. The molecule has 192 valence electrons. The van der Waals surface area contributed by atoms with Gasteiger partial charge in [-0.2, -0.15) is 0 Å². The van der Waals surface area contributed by atoms with E-state index in [9.17, 15) is 18.0 Å². The van der Waals surface area contributed by atoms with Crippen LogP contribution in [0.3, 0.4) is 0 Å². The second-order valence-electron chi connectivity index (χ2n) is 8.89. The quantitative estimate of drug-likeness (QED) is 0.448. The molecule has 0 radical (unpaired) electrons. The zero-order valence-electron chi connectivity index (χ0n) is 20.7. The van der Waals surface area contributed by atoms with Crippen LogP contribution in [-0.2, 0) is 26.2 Å². The van der Waals surface area contributed by atoms with Gasteiger partial charge in [-0.25, -0.2) is 8.42 Å². The summed E-state index contributed by atoms with van der Waals surface area (Å²) >= 11 is 12.7. The van der Waals surface area contributed by atoms with E-state index in [-0.39, 0.29) is 18.4 Å². The molecule has 0 saturated carbocycles. The summed E-state index contributed by atoms with van der Waals surface area (Å²) in [5.41, 5.74) is 1.80. The topological polar surface area (TPSA) is 86.8 Å². The van der Waals surface area contributed by atoms with Gasteiger partial charge in [0, 0.05) is 28.7 Å². The van der Waals surface area contributed by atoms with Crippen LogP contribution in [0.25, 0.3) is 0 Å². The van der Waals surface area contributed by atoms with E-state index in [1.165, 1.54) is 4.90 Å². The van der Waals surface area contributed by atoms with Crippen molar-refractivity contribution in [2.75, 3.05) is 23.7 Å². The lowest BCUT2D eigenvalue weighted by Gasteiger charge is -2.33. The first-order valence-electron chi connectivity index (χ1n) is 11.4. The van der Waals surface area contributed by atoms with Crippen LogP contribution in [0.4, 0.5) is 5.69 Å². The summed E-state index contributed by atoms with van der Waals surface area (Å²) in [4.78, 5) is 28.1. The zero-order chi connectivity index (χ0) is 26.3. The SMILES string of the molecule is CCC(C(=O)NCC(C)C)N(Cc1c(Cl)cccc1Cl)C(=O)CN(c1ccc(C)cc1)S(C)(=O)=O. The lowest BCUT2D eigenvalue weighted by Crippen LogP contribution is -2.52. The predicted molar refractivity (Wildman–Crippen MR) is 142 cm³/mol. The minimum absolute atomic E-state index is 0.0452. The number of nitrogens with zero attached hydrogens (tertiary/aromatic N) is 2. The number of anilines is 1. The Balaban J connectivity index is 2.47. The molecule has 2 amide bonds. The second kappa shape index (κ2) is 12.6. The summed E-state index contributed by atoms with van der Waals surface area (Å²) in [5.74, 6) is -0.640. The second-order valence-corrected chi connectivity index (χ2v) is 11.6. The highest BCUT2D eigenvalue weighted by Gasteiger charge is 2.32. The molecule has 2 rings (SSSR count). The number of amides is 2. The van der Waals surface area contributed by atoms with Crippen molar-refractivity contribution < 1.29 is 18.0 Å². The first kappa shape index (κ1) is 28.9. The van der Waals surface area contributed by atoms with Gasteiger partial charge in [0.25, 0.3) is 0 Å². The highest BCUT2D eigenvalue weighted by molar-refractivity contribution is 7.92. The Kier molecular flexibility index (Phi) is 10.4. The summed E-state index contributed by atoms with van der Waals surface area (Å²) < 4.78 is 26.3. The smallest absolute Gasteiger partial charge is 0.244 e. The minimum Gasteiger partial charge on any atom is -0.354 e. The average Bonchev–Trinajstić information content (AvgIpc) is 2.77. The van der Waals surface area contributed by atoms with Crippen molar-refractivity contribution in [3.63, 3.8) is 0 Å². The number of carbonyl (C=O) groups excluding carboxylic acids is 2. The van der Waals surface area contributed by atoms with E-state index in [0.717, 1.165) is 16.1 Å². The van der Waals surface area contributed by atoms with Crippen molar-refractivity contribution in [1.82, 2.24) is 10.2 Å². The van der Waals surface area contributed by atoms with Gasteiger partial charge in [-0.1, -0.05) is 67.7 Å². The molecule has 0 saturated heterocycles. The fraction of sp³-hybridized carbons (Fsp3) is 0.440. The predicted octanol–water partition coefficient (Wildman–Crippen LogP) is 4.65. The van der Waals surface area contributed by atoms with Crippen LogP contribution in [0.2, 0.25) is 10.0 Å². The molecule has 0 aliphatic rings. The number of halogens is 2. The van der Waals surface area contributed by atoms with Gasteiger partial charge in [-0.05, 0) is 43.5 Å². The van der Waals surface area contributed by atoms with Crippen LogP contribution < -0.4 is 9.62 Å². The van der Waals surface area contributed by atoms with Crippen molar-refractivity contribution in [2.45, 2.75) is 46.7 Å². The number of hydrogen-bond acceptors (Lipinski definition) is 4. The van der Waals surface area contributed by atoms with Crippen molar-refractivity contribution in [3.05, 3.63) is 63.6 Å². The van der Waals surface area contributed by atoms with Gasteiger partial charge in [0.15, 0.2) is 0 Å². The molecule has 7 nitrogen and oxygen atoms in total.